The van der Waals surface area contributed by atoms with E-state index in [1.54, 1.807) is 11.8 Å². The van der Waals surface area contributed by atoms with Crippen LogP contribution in [0.5, 0.6) is 0 Å². The van der Waals surface area contributed by atoms with Gasteiger partial charge >= 0.3 is 0 Å². The van der Waals surface area contributed by atoms with Crippen molar-refractivity contribution < 1.29 is 4.74 Å². The molecule has 0 bridgehead atoms. The van der Waals surface area contributed by atoms with E-state index in [-0.39, 0.29) is 0 Å². The number of hydrogen-bond acceptors (Lipinski definition) is 3. The van der Waals surface area contributed by atoms with Crippen LogP contribution in [0.4, 0.5) is 0 Å². The zero-order valence-corrected chi connectivity index (χ0v) is 14.8. The molecule has 1 fully saturated rings. The molecular weight excluding hydrogens is 280 g/mol. The Labute approximate surface area is 133 Å². The molecule has 0 N–H and O–H groups in total. The van der Waals surface area contributed by atoms with Crippen LogP contribution in [0.15, 0.2) is 5.16 Å². The number of hydrogen-bond donors (Lipinski definition) is 0. The fourth-order valence-corrected chi connectivity index (χ4v) is 3.87. The SMILES string of the molecule is CCOCn1c(SC)nc(C(C)C)c1CC1CCCCC1. The highest BCUT2D eigenvalue weighted by Crippen LogP contribution is 2.32. The average molecular weight is 311 g/mol. The van der Waals surface area contributed by atoms with Crippen molar-refractivity contribution in [1.82, 2.24) is 9.55 Å². The fraction of sp³-hybridized carbons (Fsp3) is 0.824. The third kappa shape index (κ3) is 4.26. The first-order valence-corrected chi connectivity index (χ1v) is 9.60. The lowest BCUT2D eigenvalue weighted by molar-refractivity contribution is 0.0793. The predicted molar refractivity (Wildman–Crippen MR) is 90.0 cm³/mol. The van der Waals surface area contributed by atoms with Crippen LogP contribution in [-0.2, 0) is 17.9 Å². The first kappa shape index (κ1) is 16.9. The summed E-state index contributed by atoms with van der Waals surface area (Å²) >= 11 is 1.73. The molecule has 4 heteroatoms. The van der Waals surface area contributed by atoms with Gasteiger partial charge < -0.3 is 4.74 Å². The van der Waals surface area contributed by atoms with Crippen molar-refractivity contribution in [3.05, 3.63) is 11.4 Å². The first-order valence-electron chi connectivity index (χ1n) is 8.38. The van der Waals surface area contributed by atoms with Crippen LogP contribution < -0.4 is 0 Å². The van der Waals surface area contributed by atoms with Gasteiger partial charge in [0.1, 0.15) is 6.73 Å². The summed E-state index contributed by atoms with van der Waals surface area (Å²) in [7, 11) is 0. The van der Waals surface area contributed by atoms with Crippen molar-refractivity contribution in [2.45, 2.75) is 77.1 Å². The van der Waals surface area contributed by atoms with Crippen LogP contribution in [0, 0.1) is 5.92 Å². The van der Waals surface area contributed by atoms with Crippen molar-refractivity contribution in [2.75, 3.05) is 12.9 Å². The molecule has 1 aromatic rings. The van der Waals surface area contributed by atoms with Gasteiger partial charge in [-0.25, -0.2) is 4.98 Å². The van der Waals surface area contributed by atoms with Gasteiger partial charge in [0.2, 0.25) is 0 Å². The molecule has 0 saturated heterocycles. The summed E-state index contributed by atoms with van der Waals surface area (Å²) in [6.45, 7) is 7.96. The Balaban J connectivity index is 2.26. The van der Waals surface area contributed by atoms with Gasteiger partial charge in [0.05, 0.1) is 5.69 Å². The fourth-order valence-electron chi connectivity index (χ4n) is 3.29. The minimum absolute atomic E-state index is 0.484. The zero-order valence-electron chi connectivity index (χ0n) is 14.0. The molecule has 2 rings (SSSR count). The van der Waals surface area contributed by atoms with Crippen LogP contribution in [0.2, 0.25) is 0 Å². The highest BCUT2D eigenvalue weighted by molar-refractivity contribution is 7.98. The standard InChI is InChI=1S/C17H30N2OS/c1-5-20-12-19-15(11-14-9-7-6-8-10-14)16(13(2)3)18-17(19)21-4/h13-14H,5-12H2,1-4H3. The molecule has 21 heavy (non-hydrogen) atoms. The monoisotopic (exact) mass is 310 g/mol. The normalized spacial score (nSPS) is 16.8. The van der Waals surface area contributed by atoms with Crippen LogP contribution in [0.1, 0.15) is 70.2 Å². The molecular formula is C17H30N2OS. The van der Waals surface area contributed by atoms with Gasteiger partial charge in [-0.3, -0.25) is 4.57 Å². The van der Waals surface area contributed by atoms with Crippen molar-refractivity contribution in [3.63, 3.8) is 0 Å². The molecule has 0 unspecified atom stereocenters. The van der Waals surface area contributed by atoms with Gasteiger partial charge in [0, 0.05) is 12.3 Å². The Morgan fingerprint density at radius 2 is 2.00 bits per heavy atom. The minimum Gasteiger partial charge on any atom is -0.361 e. The molecule has 3 nitrogen and oxygen atoms in total. The molecule has 120 valence electrons. The van der Waals surface area contributed by atoms with E-state index in [1.807, 2.05) is 0 Å². The lowest BCUT2D eigenvalue weighted by Gasteiger charge is -2.23. The lowest BCUT2D eigenvalue weighted by atomic mass is 9.85. The quantitative estimate of drug-likeness (QED) is 0.674. The molecule has 1 saturated carbocycles. The summed E-state index contributed by atoms with van der Waals surface area (Å²) in [6.07, 6.45) is 10.3. The first-order chi connectivity index (χ1) is 10.2. The topological polar surface area (TPSA) is 27.1 Å². The highest BCUT2D eigenvalue weighted by atomic mass is 32.2. The highest BCUT2D eigenvalue weighted by Gasteiger charge is 2.23. The number of imidazole rings is 1. The van der Waals surface area contributed by atoms with E-state index in [4.69, 9.17) is 9.72 Å². The Hall–Kier alpha value is -0.480. The van der Waals surface area contributed by atoms with Gasteiger partial charge in [-0.15, -0.1) is 0 Å². The number of aromatic nitrogens is 2. The molecule has 1 aromatic heterocycles. The number of rotatable bonds is 7. The average Bonchev–Trinajstić information content (AvgIpc) is 2.84. The van der Waals surface area contributed by atoms with E-state index in [0.717, 1.165) is 17.7 Å². The number of ether oxygens (including phenoxy) is 1. The number of nitrogens with zero attached hydrogens (tertiary/aromatic N) is 2. The van der Waals surface area contributed by atoms with E-state index < -0.39 is 0 Å². The lowest BCUT2D eigenvalue weighted by Crippen LogP contribution is -2.15. The van der Waals surface area contributed by atoms with Gasteiger partial charge in [-0.05, 0) is 31.4 Å². The zero-order chi connectivity index (χ0) is 15.2. The van der Waals surface area contributed by atoms with E-state index in [2.05, 4.69) is 31.6 Å². The van der Waals surface area contributed by atoms with E-state index in [1.165, 1.54) is 49.9 Å². The van der Waals surface area contributed by atoms with Gasteiger partial charge in [0.15, 0.2) is 5.16 Å². The molecule has 0 atom stereocenters. The summed E-state index contributed by atoms with van der Waals surface area (Å²) in [4.78, 5) is 4.89. The summed E-state index contributed by atoms with van der Waals surface area (Å²) in [6, 6.07) is 0. The second kappa shape index (κ2) is 8.23. The maximum atomic E-state index is 5.69. The molecule has 0 aromatic carbocycles. The summed E-state index contributed by atoms with van der Waals surface area (Å²) < 4.78 is 8.01. The second-order valence-corrected chi connectivity index (χ2v) is 7.12. The summed E-state index contributed by atoms with van der Waals surface area (Å²) in [5.41, 5.74) is 2.71. The third-order valence-corrected chi connectivity index (χ3v) is 5.11. The van der Waals surface area contributed by atoms with E-state index in [0.29, 0.717) is 12.6 Å². The molecule has 0 amide bonds. The Bertz CT molecular complexity index is 436. The van der Waals surface area contributed by atoms with Gasteiger partial charge in [-0.1, -0.05) is 57.7 Å². The third-order valence-electron chi connectivity index (χ3n) is 4.43. The summed E-state index contributed by atoms with van der Waals surface area (Å²) in [5.74, 6) is 1.32. The Kier molecular flexibility index (Phi) is 6.62. The van der Waals surface area contributed by atoms with E-state index >= 15 is 0 Å². The minimum atomic E-state index is 0.484. The van der Waals surface area contributed by atoms with Gasteiger partial charge in [0.25, 0.3) is 0 Å². The summed E-state index contributed by atoms with van der Waals surface area (Å²) in [5, 5.41) is 1.11. The second-order valence-electron chi connectivity index (χ2n) is 6.34. The van der Waals surface area contributed by atoms with Crippen LogP contribution in [-0.4, -0.2) is 22.4 Å². The Morgan fingerprint density at radius 3 is 2.57 bits per heavy atom. The van der Waals surface area contributed by atoms with Crippen molar-refractivity contribution in [3.8, 4) is 0 Å². The maximum Gasteiger partial charge on any atom is 0.170 e. The van der Waals surface area contributed by atoms with Crippen molar-refractivity contribution in [1.29, 1.82) is 0 Å². The molecule has 1 aliphatic carbocycles. The smallest absolute Gasteiger partial charge is 0.170 e. The molecule has 0 radical (unpaired) electrons. The predicted octanol–water partition coefficient (Wildman–Crippen LogP) is 4.85. The Morgan fingerprint density at radius 1 is 1.29 bits per heavy atom. The van der Waals surface area contributed by atoms with Crippen LogP contribution in [0.3, 0.4) is 0 Å². The van der Waals surface area contributed by atoms with Crippen molar-refractivity contribution >= 4 is 11.8 Å². The largest absolute Gasteiger partial charge is 0.361 e. The molecule has 1 aliphatic rings. The molecule has 0 aliphatic heterocycles. The number of thioether (sulfide) groups is 1. The molecule has 0 spiro atoms. The van der Waals surface area contributed by atoms with E-state index in [9.17, 15) is 0 Å². The van der Waals surface area contributed by atoms with Crippen LogP contribution >= 0.6 is 11.8 Å². The van der Waals surface area contributed by atoms with Gasteiger partial charge in [-0.2, -0.15) is 0 Å². The maximum absolute atomic E-state index is 5.69. The van der Waals surface area contributed by atoms with Crippen molar-refractivity contribution in [2.24, 2.45) is 5.92 Å². The van der Waals surface area contributed by atoms with Crippen LogP contribution in [0.25, 0.3) is 0 Å². The molecule has 1 heterocycles.